The molecule has 1 aliphatic heterocycles. The van der Waals surface area contributed by atoms with Gasteiger partial charge in [-0.05, 0) is 35.7 Å². The van der Waals surface area contributed by atoms with Crippen molar-refractivity contribution in [3.05, 3.63) is 28.8 Å². The fourth-order valence-corrected chi connectivity index (χ4v) is 2.87. The van der Waals surface area contributed by atoms with Crippen molar-refractivity contribution in [2.75, 3.05) is 13.2 Å². The van der Waals surface area contributed by atoms with E-state index in [-0.39, 0.29) is 10.8 Å². The van der Waals surface area contributed by atoms with E-state index < -0.39 is 0 Å². The molecule has 23 heavy (non-hydrogen) atoms. The lowest BCUT2D eigenvalue weighted by Crippen LogP contribution is -2.20. The van der Waals surface area contributed by atoms with Crippen LogP contribution in [0.5, 0.6) is 5.75 Å². The molecule has 1 aromatic carbocycles. The predicted molar refractivity (Wildman–Crippen MR) is 97.7 cm³/mol. The Balaban J connectivity index is 2.46. The number of ether oxygens (including phenoxy) is 2. The standard InChI is InChI=1S/C21H34O2/c1-8-11-22-19-17(20(2,3)4)12-15(9-10-16-14-23-16)13-18(19)21(5,6)7/h12-13,16H,8-11,14H2,1-7H3. The highest BCUT2D eigenvalue weighted by Crippen LogP contribution is 2.41. The molecule has 130 valence electrons. The number of hydrogen-bond donors (Lipinski definition) is 0. The molecular formula is C21H34O2. The highest BCUT2D eigenvalue weighted by atomic mass is 16.6. The molecular weight excluding hydrogens is 284 g/mol. The first-order valence-electron chi connectivity index (χ1n) is 9.05. The van der Waals surface area contributed by atoms with Gasteiger partial charge in [0.15, 0.2) is 0 Å². The second kappa shape index (κ2) is 6.84. The van der Waals surface area contributed by atoms with Gasteiger partial charge in [0.1, 0.15) is 5.75 Å². The summed E-state index contributed by atoms with van der Waals surface area (Å²) in [5.74, 6) is 1.11. The topological polar surface area (TPSA) is 21.8 Å². The monoisotopic (exact) mass is 318 g/mol. The highest BCUT2D eigenvalue weighted by molar-refractivity contribution is 5.51. The third-order valence-corrected chi connectivity index (χ3v) is 4.37. The van der Waals surface area contributed by atoms with E-state index in [1.54, 1.807) is 0 Å². The van der Waals surface area contributed by atoms with E-state index in [2.05, 4.69) is 60.6 Å². The maximum absolute atomic E-state index is 6.24. The molecule has 1 fully saturated rings. The van der Waals surface area contributed by atoms with Crippen LogP contribution >= 0.6 is 0 Å². The fraction of sp³-hybridized carbons (Fsp3) is 0.714. The molecule has 1 aliphatic rings. The van der Waals surface area contributed by atoms with Gasteiger partial charge in [0.2, 0.25) is 0 Å². The minimum absolute atomic E-state index is 0.0785. The Kier molecular flexibility index (Phi) is 5.45. The van der Waals surface area contributed by atoms with E-state index in [0.717, 1.165) is 38.2 Å². The SMILES string of the molecule is CCCOc1c(C(C)(C)C)cc(CCC2CO2)cc1C(C)(C)C. The summed E-state index contributed by atoms with van der Waals surface area (Å²) in [6.45, 7) is 17.6. The lowest BCUT2D eigenvalue weighted by atomic mass is 9.78. The fourth-order valence-electron chi connectivity index (χ4n) is 2.87. The van der Waals surface area contributed by atoms with Crippen molar-refractivity contribution in [2.45, 2.75) is 84.7 Å². The summed E-state index contributed by atoms with van der Waals surface area (Å²) in [6, 6.07) is 4.73. The van der Waals surface area contributed by atoms with Gasteiger partial charge in [-0.25, -0.2) is 0 Å². The first-order valence-corrected chi connectivity index (χ1v) is 9.05. The Morgan fingerprint density at radius 1 is 1.04 bits per heavy atom. The Morgan fingerprint density at radius 3 is 1.96 bits per heavy atom. The molecule has 1 saturated heterocycles. The maximum Gasteiger partial charge on any atom is 0.126 e. The number of benzene rings is 1. The maximum atomic E-state index is 6.24. The van der Waals surface area contributed by atoms with Gasteiger partial charge < -0.3 is 9.47 Å². The molecule has 0 amide bonds. The third-order valence-electron chi connectivity index (χ3n) is 4.37. The lowest BCUT2D eigenvalue weighted by Gasteiger charge is -2.30. The van der Waals surface area contributed by atoms with Crippen molar-refractivity contribution in [1.29, 1.82) is 0 Å². The van der Waals surface area contributed by atoms with E-state index in [1.165, 1.54) is 16.7 Å². The van der Waals surface area contributed by atoms with Gasteiger partial charge in [0.05, 0.1) is 19.3 Å². The van der Waals surface area contributed by atoms with Crippen molar-refractivity contribution in [3.8, 4) is 5.75 Å². The van der Waals surface area contributed by atoms with Crippen LogP contribution in [0.2, 0.25) is 0 Å². The Hall–Kier alpha value is -1.02. The zero-order valence-electron chi connectivity index (χ0n) is 16.1. The molecule has 0 N–H and O–H groups in total. The van der Waals surface area contributed by atoms with Crippen molar-refractivity contribution < 1.29 is 9.47 Å². The van der Waals surface area contributed by atoms with Gasteiger partial charge in [-0.15, -0.1) is 0 Å². The van der Waals surface area contributed by atoms with Crippen molar-refractivity contribution in [2.24, 2.45) is 0 Å². The van der Waals surface area contributed by atoms with Gasteiger partial charge >= 0.3 is 0 Å². The van der Waals surface area contributed by atoms with Gasteiger partial charge in [0, 0.05) is 11.1 Å². The number of epoxide rings is 1. The normalized spacial score (nSPS) is 18.1. The molecule has 1 heterocycles. The first kappa shape index (κ1) is 18.3. The zero-order chi connectivity index (χ0) is 17.3. The molecule has 1 unspecified atom stereocenters. The van der Waals surface area contributed by atoms with E-state index in [4.69, 9.17) is 9.47 Å². The van der Waals surface area contributed by atoms with Gasteiger partial charge in [0.25, 0.3) is 0 Å². The van der Waals surface area contributed by atoms with Crippen molar-refractivity contribution >= 4 is 0 Å². The van der Waals surface area contributed by atoms with Crippen molar-refractivity contribution in [3.63, 3.8) is 0 Å². The molecule has 1 atom stereocenters. The first-order chi connectivity index (χ1) is 10.6. The summed E-state index contributed by atoms with van der Waals surface area (Å²) in [5.41, 5.74) is 4.25. The molecule has 0 spiro atoms. The molecule has 2 rings (SSSR count). The molecule has 2 nitrogen and oxygen atoms in total. The average Bonchev–Trinajstić information content (AvgIpc) is 3.24. The molecule has 0 aromatic heterocycles. The smallest absolute Gasteiger partial charge is 0.126 e. The van der Waals surface area contributed by atoms with E-state index in [1.807, 2.05) is 0 Å². The van der Waals surface area contributed by atoms with Gasteiger partial charge in [-0.2, -0.15) is 0 Å². The van der Waals surface area contributed by atoms with Crippen LogP contribution in [0.25, 0.3) is 0 Å². The Bertz CT molecular complexity index is 493. The quantitative estimate of drug-likeness (QED) is 0.655. The van der Waals surface area contributed by atoms with Crippen LogP contribution < -0.4 is 4.74 Å². The summed E-state index contributed by atoms with van der Waals surface area (Å²) in [5, 5.41) is 0. The lowest BCUT2D eigenvalue weighted by molar-refractivity contribution is 0.299. The van der Waals surface area contributed by atoms with Crippen LogP contribution in [0.4, 0.5) is 0 Å². The van der Waals surface area contributed by atoms with E-state index in [0.29, 0.717) is 6.10 Å². The van der Waals surface area contributed by atoms with Gasteiger partial charge in [-0.3, -0.25) is 0 Å². The van der Waals surface area contributed by atoms with E-state index in [9.17, 15) is 0 Å². The van der Waals surface area contributed by atoms with Gasteiger partial charge in [-0.1, -0.05) is 60.6 Å². The summed E-state index contributed by atoms with van der Waals surface area (Å²) >= 11 is 0. The predicted octanol–water partition coefficient (Wildman–Crippen LogP) is 5.40. The van der Waals surface area contributed by atoms with Crippen LogP contribution in [-0.2, 0) is 22.0 Å². The van der Waals surface area contributed by atoms with Crippen LogP contribution in [0.15, 0.2) is 12.1 Å². The Labute approximate surface area is 142 Å². The zero-order valence-corrected chi connectivity index (χ0v) is 16.1. The van der Waals surface area contributed by atoms with Crippen molar-refractivity contribution in [1.82, 2.24) is 0 Å². The molecule has 0 saturated carbocycles. The minimum atomic E-state index is 0.0785. The van der Waals surface area contributed by atoms with Crippen LogP contribution in [0, 0.1) is 0 Å². The van der Waals surface area contributed by atoms with Crippen LogP contribution in [-0.4, -0.2) is 19.3 Å². The van der Waals surface area contributed by atoms with Crippen LogP contribution in [0.3, 0.4) is 0 Å². The summed E-state index contributed by atoms with van der Waals surface area (Å²) in [4.78, 5) is 0. The number of rotatable bonds is 6. The second-order valence-corrected chi connectivity index (χ2v) is 8.86. The summed E-state index contributed by atoms with van der Waals surface area (Å²) in [7, 11) is 0. The Morgan fingerprint density at radius 2 is 1.57 bits per heavy atom. The molecule has 0 radical (unpaired) electrons. The van der Waals surface area contributed by atoms with Crippen LogP contribution in [0.1, 0.15) is 78.0 Å². The second-order valence-electron chi connectivity index (χ2n) is 8.86. The molecule has 0 aliphatic carbocycles. The average molecular weight is 319 g/mol. The minimum Gasteiger partial charge on any atom is -0.493 e. The number of hydrogen-bond acceptors (Lipinski definition) is 2. The molecule has 1 aromatic rings. The molecule has 2 heteroatoms. The molecule has 0 bridgehead atoms. The largest absolute Gasteiger partial charge is 0.493 e. The summed E-state index contributed by atoms with van der Waals surface area (Å²) in [6.07, 6.45) is 3.74. The number of aryl methyl sites for hydroxylation is 1. The third kappa shape index (κ3) is 4.97. The highest BCUT2D eigenvalue weighted by Gasteiger charge is 2.28. The van der Waals surface area contributed by atoms with E-state index >= 15 is 0 Å². The summed E-state index contributed by atoms with van der Waals surface area (Å²) < 4.78 is 11.6.